The first kappa shape index (κ1) is 30.1. The van der Waals surface area contributed by atoms with Crippen molar-refractivity contribution in [2.24, 2.45) is 22.7 Å². The lowest BCUT2D eigenvalue weighted by Gasteiger charge is -2.37. The van der Waals surface area contributed by atoms with E-state index in [1.165, 1.54) is 0 Å². The van der Waals surface area contributed by atoms with E-state index in [1.807, 2.05) is 45.9 Å². The maximum Gasteiger partial charge on any atom is 0.408 e. The van der Waals surface area contributed by atoms with Gasteiger partial charge in [-0.3, -0.25) is 14.4 Å². The van der Waals surface area contributed by atoms with Crippen LogP contribution in [0, 0.1) is 40.9 Å². The summed E-state index contributed by atoms with van der Waals surface area (Å²) in [7, 11) is 0. The van der Waals surface area contributed by atoms with Gasteiger partial charge in [0.1, 0.15) is 18.1 Å². The van der Waals surface area contributed by atoms with Gasteiger partial charge in [-0.05, 0) is 67.0 Å². The molecule has 10 nitrogen and oxygen atoms in total. The van der Waals surface area contributed by atoms with Crippen LogP contribution in [0.15, 0.2) is 29.1 Å². The van der Waals surface area contributed by atoms with Crippen molar-refractivity contribution in [1.29, 1.82) is 5.26 Å². The Labute approximate surface area is 240 Å². The Morgan fingerprint density at radius 3 is 2.49 bits per heavy atom. The lowest BCUT2D eigenvalue weighted by Crippen LogP contribution is -2.60. The number of hydrogen-bond donors (Lipinski definition) is 3. The molecule has 2 aromatic rings. The van der Waals surface area contributed by atoms with Crippen LogP contribution in [0.25, 0.3) is 10.9 Å². The van der Waals surface area contributed by atoms with Crippen LogP contribution in [-0.2, 0) is 20.7 Å². The number of aromatic nitrogens is 1. The molecule has 220 valence electrons. The van der Waals surface area contributed by atoms with Gasteiger partial charge in [-0.1, -0.05) is 46.2 Å². The number of carbonyl (C=O) groups excluding carboxylic acids is 3. The molecule has 1 aromatic heterocycles. The van der Waals surface area contributed by atoms with Gasteiger partial charge < -0.3 is 25.3 Å². The Hall–Kier alpha value is -3.87. The second-order valence-corrected chi connectivity index (χ2v) is 13.4. The van der Waals surface area contributed by atoms with Crippen molar-refractivity contribution < 1.29 is 19.1 Å². The summed E-state index contributed by atoms with van der Waals surface area (Å²) in [5.41, 5.74) is 1.01. The van der Waals surface area contributed by atoms with Gasteiger partial charge in [-0.15, -0.1) is 0 Å². The number of aromatic amines is 1. The average molecular weight is 564 g/mol. The summed E-state index contributed by atoms with van der Waals surface area (Å²) in [6.07, 6.45) is -1.03. The fourth-order valence-electron chi connectivity index (χ4n) is 6.12. The smallest absolute Gasteiger partial charge is 0.408 e. The van der Waals surface area contributed by atoms with Gasteiger partial charge in [-0.25, -0.2) is 4.79 Å². The van der Waals surface area contributed by atoms with Gasteiger partial charge in [0.05, 0.1) is 12.2 Å². The highest BCUT2D eigenvalue weighted by molar-refractivity contribution is 5.93. The van der Waals surface area contributed by atoms with E-state index in [-0.39, 0.29) is 41.2 Å². The van der Waals surface area contributed by atoms with Gasteiger partial charge in [0.15, 0.2) is 0 Å². The van der Waals surface area contributed by atoms with Gasteiger partial charge in [-0.2, -0.15) is 5.26 Å². The number of hydrogen-bond acceptors (Lipinski definition) is 6. The van der Waals surface area contributed by atoms with E-state index in [2.05, 4.69) is 35.5 Å². The van der Waals surface area contributed by atoms with E-state index in [0.29, 0.717) is 17.6 Å². The molecule has 2 heterocycles. The van der Waals surface area contributed by atoms with Crippen molar-refractivity contribution >= 4 is 28.8 Å². The minimum absolute atomic E-state index is 0.0207. The van der Waals surface area contributed by atoms with E-state index >= 15 is 0 Å². The van der Waals surface area contributed by atoms with Crippen molar-refractivity contribution in [3.63, 3.8) is 0 Å². The van der Waals surface area contributed by atoms with Gasteiger partial charge >= 0.3 is 6.09 Å². The number of piperidine rings is 1. The molecule has 1 saturated heterocycles. The van der Waals surface area contributed by atoms with Crippen LogP contribution >= 0.6 is 0 Å². The number of likely N-dealkylation sites (tertiary alicyclic amines) is 1. The first-order valence-corrected chi connectivity index (χ1v) is 14.1. The Balaban J connectivity index is 1.56. The summed E-state index contributed by atoms with van der Waals surface area (Å²) in [4.78, 5) is 57.3. The number of rotatable bonds is 7. The fourth-order valence-corrected chi connectivity index (χ4v) is 6.12. The van der Waals surface area contributed by atoms with E-state index in [9.17, 15) is 24.4 Å². The maximum absolute atomic E-state index is 13.9. The molecule has 4 rings (SSSR count). The minimum atomic E-state index is -0.971. The molecule has 2 fully saturated rings. The molecule has 1 aliphatic heterocycles. The van der Waals surface area contributed by atoms with Crippen LogP contribution in [0.3, 0.4) is 0 Å². The van der Waals surface area contributed by atoms with Crippen molar-refractivity contribution in [2.75, 3.05) is 6.54 Å². The number of nitriles is 1. The molecule has 41 heavy (non-hydrogen) atoms. The normalized spacial score (nSPS) is 22.4. The molecule has 5 atom stereocenters. The molecule has 2 aliphatic rings. The predicted molar refractivity (Wildman–Crippen MR) is 155 cm³/mol. The third-order valence-corrected chi connectivity index (χ3v) is 8.45. The lowest BCUT2D eigenvalue weighted by molar-refractivity contribution is -0.144. The number of fused-ring (bicyclic) bond motifs is 2. The molecular weight excluding hydrogens is 522 g/mol. The zero-order valence-corrected chi connectivity index (χ0v) is 25.1. The molecule has 0 radical (unpaired) electrons. The maximum atomic E-state index is 13.9. The van der Waals surface area contributed by atoms with Crippen LogP contribution in [0.4, 0.5) is 4.79 Å². The Morgan fingerprint density at radius 2 is 1.88 bits per heavy atom. The quantitative estimate of drug-likeness (QED) is 0.471. The number of amides is 3. The lowest BCUT2D eigenvalue weighted by atomic mass is 9.85. The second-order valence-electron chi connectivity index (χ2n) is 13.4. The molecule has 10 heteroatoms. The van der Waals surface area contributed by atoms with Crippen LogP contribution in [0.5, 0.6) is 0 Å². The Morgan fingerprint density at radius 1 is 1.20 bits per heavy atom. The number of benzene rings is 1. The third-order valence-electron chi connectivity index (χ3n) is 8.45. The number of ether oxygens (including phenoxy) is 1. The molecule has 0 spiro atoms. The standard InChI is InChI=1S/C31H41N5O5/c1-16(2)41-29(40)35-25(30(4,5)6)28(39)36-15-21-23(31(21,7)8)24(36)27(38)33-20(14-32)13-19-12-18-11-17(3)9-10-22(18)34-26(19)37/h9-12,16,20-21,23-25H,13,15H2,1-8H3,(H,33,38)(H,34,37)(H,35,40)/t20-,21?,23+,24?,25+/m1/s1. The summed E-state index contributed by atoms with van der Waals surface area (Å²) in [6, 6.07) is 6.86. The minimum Gasteiger partial charge on any atom is -0.447 e. The highest BCUT2D eigenvalue weighted by atomic mass is 16.6. The summed E-state index contributed by atoms with van der Waals surface area (Å²) in [6.45, 7) is 15.5. The number of aryl methyl sites for hydroxylation is 1. The Kier molecular flexibility index (Phi) is 7.96. The Bertz CT molecular complexity index is 1460. The van der Waals surface area contributed by atoms with Crippen molar-refractivity contribution in [1.82, 2.24) is 20.5 Å². The zero-order valence-electron chi connectivity index (χ0n) is 25.1. The summed E-state index contributed by atoms with van der Waals surface area (Å²) >= 11 is 0. The fraction of sp³-hybridized carbons (Fsp3) is 0.581. The number of carbonyl (C=O) groups is 3. The summed E-state index contributed by atoms with van der Waals surface area (Å²) in [5.74, 6) is -0.761. The van der Waals surface area contributed by atoms with Gasteiger partial charge in [0.25, 0.3) is 5.56 Å². The number of nitrogens with zero attached hydrogens (tertiary/aromatic N) is 2. The van der Waals surface area contributed by atoms with E-state index < -0.39 is 35.5 Å². The number of pyridine rings is 1. The summed E-state index contributed by atoms with van der Waals surface area (Å²) in [5, 5.41) is 16.3. The first-order valence-electron chi connectivity index (χ1n) is 14.1. The van der Waals surface area contributed by atoms with Crippen molar-refractivity contribution in [3.05, 3.63) is 45.7 Å². The average Bonchev–Trinajstić information content (AvgIpc) is 3.19. The monoisotopic (exact) mass is 563 g/mol. The second kappa shape index (κ2) is 10.8. The first-order chi connectivity index (χ1) is 19.0. The number of nitrogens with one attached hydrogen (secondary N) is 3. The van der Waals surface area contributed by atoms with Crippen LogP contribution in [-0.4, -0.2) is 58.6 Å². The van der Waals surface area contributed by atoms with Crippen LogP contribution < -0.4 is 16.2 Å². The van der Waals surface area contributed by atoms with Crippen molar-refractivity contribution in [3.8, 4) is 6.07 Å². The topological polar surface area (TPSA) is 144 Å². The molecule has 0 bridgehead atoms. The van der Waals surface area contributed by atoms with Crippen LogP contribution in [0.2, 0.25) is 0 Å². The number of alkyl carbamates (subject to hydrolysis) is 1. The largest absolute Gasteiger partial charge is 0.447 e. The van der Waals surface area contributed by atoms with Crippen LogP contribution in [0.1, 0.15) is 59.6 Å². The predicted octanol–water partition coefficient (Wildman–Crippen LogP) is 3.42. The zero-order chi connectivity index (χ0) is 30.4. The highest BCUT2D eigenvalue weighted by Gasteiger charge is 2.69. The molecule has 3 amide bonds. The van der Waals surface area contributed by atoms with E-state index in [4.69, 9.17) is 4.74 Å². The third kappa shape index (κ3) is 6.09. The molecule has 1 aliphatic carbocycles. The van der Waals surface area contributed by atoms with E-state index in [1.54, 1.807) is 24.8 Å². The van der Waals surface area contributed by atoms with Gasteiger partial charge in [0, 0.05) is 24.0 Å². The molecular formula is C31H41N5O5. The number of H-pyrrole nitrogens is 1. The van der Waals surface area contributed by atoms with Gasteiger partial charge in [0.2, 0.25) is 11.8 Å². The molecule has 2 unspecified atom stereocenters. The SMILES string of the molecule is Cc1ccc2[nH]c(=O)c(C[C@H](C#N)NC(=O)C3[C@@H]4C(CN3C(=O)[C@H](NC(=O)OC(C)C)C(C)(C)C)C4(C)C)cc2c1. The molecule has 1 saturated carbocycles. The van der Waals surface area contributed by atoms with E-state index in [0.717, 1.165) is 10.9 Å². The highest BCUT2D eigenvalue weighted by Crippen LogP contribution is 2.65. The van der Waals surface area contributed by atoms with Crippen molar-refractivity contribution in [2.45, 2.75) is 86.0 Å². The molecule has 3 N–H and O–H groups in total. The molecule has 1 aromatic carbocycles. The summed E-state index contributed by atoms with van der Waals surface area (Å²) < 4.78 is 5.23.